The second-order valence-corrected chi connectivity index (χ2v) is 11.2. The Balaban J connectivity index is 1.77. The van der Waals surface area contributed by atoms with Gasteiger partial charge in [-0.1, -0.05) is 18.2 Å². The highest BCUT2D eigenvalue weighted by Gasteiger charge is 2.81. The Hall–Kier alpha value is -2.46. The van der Waals surface area contributed by atoms with Crippen LogP contribution in [-0.2, 0) is 24.4 Å². The number of benzene rings is 1. The Morgan fingerprint density at radius 2 is 1.94 bits per heavy atom. The summed E-state index contributed by atoms with van der Waals surface area (Å²) in [4.78, 5) is 29.9. The van der Waals surface area contributed by atoms with Gasteiger partial charge in [-0.3, -0.25) is 9.69 Å². The third kappa shape index (κ3) is 2.62. The molecule has 3 aliphatic heterocycles. The number of esters is 1. The van der Waals surface area contributed by atoms with Crippen molar-refractivity contribution in [2.24, 2.45) is 5.92 Å². The van der Waals surface area contributed by atoms with Crippen molar-refractivity contribution in [3.8, 4) is 0 Å². The fourth-order valence-corrected chi connectivity index (χ4v) is 7.10. The van der Waals surface area contributed by atoms with E-state index >= 15 is 0 Å². The summed E-state index contributed by atoms with van der Waals surface area (Å²) >= 11 is 0. The molecule has 1 aliphatic carbocycles. The molecule has 35 heavy (non-hydrogen) atoms. The first kappa shape index (κ1) is 23.0. The van der Waals surface area contributed by atoms with Crippen LogP contribution in [0.4, 0.5) is 4.79 Å². The molecule has 2 aromatic rings. The minimum Gasteiger partial charge on any atom is -0.465 e. The van der Waals surface area contributed by atoms with Gasteiger partial charge in [-0.25, -0.2) is 9.36 Å². The SMILES string of the molecule is CCOC(=O)[C@@]12COC3(O)C4CCN(CCC31O)C4c1c2n(C(=O)OC(C)(C)C)c2ccccc12. The molecule has 4 aliphatic rings. The van der Waals surface area contributed by atoms with E-state index in [-0.39, 0.29) is 25.7 Å². The summed E-state index contributed by atoms with van der Waals surface area (Å²) in [7, 11) is 0. The van der Waals surface area contributed by atoms with Crippen LogP contribution in [0.15, 0.2) is 24.3 Å². The quantitative estimate of drug-likeness (QED) is 0.626. The summed E-state index contributed by atoms with van der Waals surface area (Å²) in [6.45, 7) is 8.01. The maximum Gasteiger partial charge on any atom is 0.419 e. The van der Waals surface area contributed by atoms with E-state index in [4.69, 9.17) is 14.2 Å². The fraction of sp³-hybridized carbons (Fsp3) is 0.615. The number of para-hydroxylation sites is 1. The van der Waals surface area contributed by atoms with Crippen molar-refractivity contribution in [1.29, 1.82) is 0 Å². The lowest BCUT2D eigenvalue weighted by atomic mass is 9.64. The Bertz CT molecular complexity index is 1250. The summed E-state index contributed by atoms with van der Waals surface area (Å²) in [6, 6.07) is 7.12. The molecule has 4 heterocycles. The van der Waals surface area contributed by atoms with Crippen LogP contribution in [0.3, 0.4) is 0 Å². The predicted molar refractivity (Wildman–Crippen MR) is 125 cm³/mol. The molecule has 6 rings (SSSR count). The topological polar surface area (TPSA) is 110 Å². The van der Waals surface area contributed by atoms with Gasteiger partial charge in [-0.05, 0) is 53.1 Å². The zero-order chi connectivity index (χ0) is 25.0. The van der Waals surface area contributed by atoms with E-state index in [1.54, 1.807) is 27.7 Å². The first-order valence-corrected chi connectivity index (χ1v) is 12.4. The molecule has 1 aromatic heterocycles. The highest BCUT2D eigenvalue weighted by molar-refractivity contribution is 5.99. The van der Waals surface area contributed by atoms with Gasteiger partial charge in [0.05, 0.1) is 24.4 Å². The first-order valence-electron chi connectivity index (χ1n) is 12.4. The van der Waals surface area contributed by atoms with Gasteiger partial charge >= 0.3 is 12.1 Å². The molecule has 0 radical (unpaired) electrons. The summed E-state index contributed by atoms with van der Waals surface area (Å²) in [6.07, 6.45) is 0.0400. The lowest BCUT2D eigenvalue weighted by Crippen LogP contribution is -2.66. The van der Waals surface area contributed by atoms with Gasteiger partial charge in [0.1, 0.15) is 11.2 Å². The molecule has 2 N–H and O–H groups in total. The lowest BCUT2D eigenvalue weighted by molar-refractivity contribution is -0.286. The standard InChI is InChI=1S/C26H32N2O7/c1-5-33-21(29)24-14-34-26(32)16-10-12-27(13-11-25(24,26)31)19(16)18-15-8-6-7-9-17(15)28(20(18)24)22(30)35-23(2,3)4/h6-9,16,19,31-32H,5,10-14H2,1-4H3/t16?,19?,24-,25?,26?/m0/s1. The van der Waals surface area contributed by atoms with Gasteiger partial charge in [-0.2, -0.15) is 0 Å². The molecule has 6 bridgehead atoms. The van der Waals surface area contributed by atoms with Crippen molar-refractivity contribution in [1.82, 2.24) is 9.47 Å². The third-order valence-corrected chi connectivity index (χ3v) is 8.39. The van der Waals surface area contributed by atoms with Crippen LogP contribution >= 0.6 is 0 Å². The van der Waals surface area contributed by atoms with Gasteiger partial charge in [0.25, 0.3) is 0 Å². The Morgan fingerprint density at radius 3 is 2.66 bits per heavy atom. The number of ether oxygens (including phenoxy) is 3. The summed E-state index contributed by atoms with van der Waals surface area (Å²) in [5.41, 5.74) is -2.94. The van der Waals surface area contributed by atoms with Gasteiger partial charge in [-0.15, -0.1) is 0 Å². The molecule has 9 nitrogen and oxygen atoms in total. The van der Waals surface area contributed by atoms with Crippen molar-refractivity contribution in [2.45, 2.75) is 69.0 Å². The van der Waals surface area contributed by atoms with E-state index in [0.717, 1.165) is 17.5 Å². The Kier molecular flexibility index (Phi) is 4.63. The number of rotatable bonds is 2. The molecule has 0 saturated carbocycles. The first-order chi connectivity index (χ1) is 16.5. The monoisotopic (exact) mass is 484 g/mol. The van der Waals surface area contributed by atoms with E-state index in [9.17, 15) is 19.8 Å². The van der Waals surface area contributed by atoms with E-state index in [1.807, 2.05) is 24.3 Å². The number of nitrogens with zero attached hydrogens (tertiary/aromatic N) is 2. The highest BCUT2D eigenvalue weighted by atomic mass is 16.7. The minimum atomic E-state index is -2.00. The second kappa shape index (κ2) is 7.06. The van der Waals surface area contributed by atoms with Crippen LogP contribution in [0.5, 0.6) is 0 Å². The minimum absolute atomic E-state index is 0.0794. The highest BCUT2D eigenvalue weighted by Crippen LogP contribution is 2.66. The van der Waals surface area contributed by atoms with Crippen molar-refractivity contribution >= 4 is 23.0 Å². The predicted octanol–water partition coefficient (Wildman–Crippen LogP) is 2.46. The van der Waals surface area contributed by atoms with E-state index in [2.05, 4.69) is 4.90 Å². The van der Waals surface area contributed by atoms with E-state index < -0.39 is 40.4 Å². The Morgan fingerprint density at radius 1 is 1.20 bits per heavy atom. The summed E-state index contributed by atoms with van der Waals surface area (Å²) in [5.74, 6) is -3.15. The molecule has 5 unspecified atom stereocenters. The zero-order valence-corrected chi connectivity index (χ0v) is 20.5. The van der Waals surface area contributed by atoms with Crippen LogP contribution in [0.25, 0.3) is 10.9 Å². The van der Waals surface area contributed by atoms with E-state index in [1.165, 1.54) is 4.57 Å². The van der Waals surface area contributed by atoms with Crippen LogP contribution in [0.2, 0.25) is 0 Å². The molecular formula is C26H32N2O7. The molecule has 6 atom stereocenters. The molecule has 188 valence electrons. The Labute approximate surface area is 203 Å². The molecule has 3 saturated heterocycles. The normalized spacial score (nSPS) is 37.1. The largest absolute Gasteiger partial charge is 0.465 e. The summed E-state index contributed by atoms with van der Waals surface area (Å²) in [5, 5.41) is 25.3. The number of carbonyl (C=O) groups is 2. The number of aromatic nitrogens is 1. The molecule has 3 fully saturated rings. The second-order valence-electron chi connectivity index (χ2n) is 11.2. The molecular weight excluding hydrogens is 452 g/mol. The molecule has 9 heteroatoms. The van der Waals surface area contributed by atoms with Crippen LogP contribution < -0.4 is 0 Å². The van der Waals surface area contributed by atoms with Crippen molar-refractivity contribution in [3.63, 3.8) is 0 Å². The molecule has 0 spiro atoms. The average molecular weight is 485 g/mol. The maximum absolute atomic E-state index is 13.9. The van der Waals surface area contributed by atoms with Gasteiger partial charge in [0.2, 0.25) is 5.79 Å². The zero-order valence-electron chi connectivity index (χ0n) is 20.5. The summed E-state index contributed by atoms with van der Waals surface area (Å²) < 4.78 is 18.8. The number of hydrogen-bond acceptors (Lipinski definition) is 8. The van der Waals surface area contributed by atoms with Gasteiger partial charge in [0.15, 0.2) is 5.41 Å². The van der Waals surface area contributed by atoms with Crippen LogP contribution in [0.1, 0.15) is 57.8 Å². The van der Waals surface area contributed by atoms with Gasteiger partial charge < -0.3 is 24.4 Å². The number of hydrogen-bond donors (Lipinski definition) is 2. The lowest BCUT2D eigenvalue weighted by Gasteiger charge is -2.45. The fourth-order valence-electron chi connectivity index (χ4n) is 7.10. The number of aliphatic hydroxyl groups is 2. The van der Waals surface area contributed by atoms with Crippen molar-refractivity contribution < 1.29 is 34.0 Å². The molecule has 0 amide bonds. The smallest absolute Gasteiger partial charge is 0.419 e. The average Bonchev–Trinajstić information content (AvgIpc) is 3.37. The number of fused-ring (bicyclic) bond motifs is 4. The number of carbonyl (C=O) groups excluding carboxylic acids is 2. The van der Waals surface area contributed by atoms with Crippen molar-refractivity contribution in [3.05, 3.63) is 35.5 Å². The molecule has 1 aromatic carbocycles. The third-order valence-electron chi connectivity index (χ3n) is 8.39. The van der Waals surface area contributed by atoms with E-state index in [0.29, 0.717) is 24.2 Å². The maximum atomic E-state index is 13.9. The van der Waals surface area contributed by atoms with Crippen LogP contribution in [0, 0.1) is 5.92 Å². The van der Waals surface area contributed by atoms with Crippen LogP contribution in [-0.4, -0.2) is 75.0 Å². The van der Waals surface area contributed by atoms with Crippen molar-refractivity contribution in [2.75, 3.05) is 26.3 Å². The van der Waals surface area contributed by atoms with Gasteiger partial charge in [0, 0.05) is 29.5 Å².